The van der Waals surface area contributed by atoms with Gasteiger partial charge in [-0.3, -0.25) is 4.79 Å². The van der Waals surface area contributed by atoms with E-state index >= 15 is 0 Å². The van der Waals surface area contributed by atoms with Crippen LogP contribution in [0.4, 0.5) is 11.4 Å². The number of benzene rings is 1. The summed E-state index contributed by atoms with van der Waals surface area (Å²) in [5.41, 5.74) is 6.26. The van der Waals surface area contributed by atoms with Crippen molar-refractivity contribution >= 4 is 28.6 Å². The number of amides is 1. The van der Waals surface area contributed by atoms with E-state index in [2.05, 4.69) is 28.7 Å². The highest BCUT2D eigenvalue weighted by molar-refractivity contribution is 7.07. The smallest absolute Gasteiger partial charge is 0.223 e. The number of carbonyl (C=O) groups is 1. The van der Waals surface area contributed by atoms with Crippen molar-refractivity contribution in [3.8, 4) is 0 Å². The summed E-state index contributed by atoms with van der Waals surface area (Å²) in [6.45, 7) is 4.51. The molecule has 0 bridgehead atoms. The van der Waals surface area contributed by atoms with E-state index in [4.69, 9.17) is 0 Å². The standard InChI is InChI=1S/C15H17N3OS/c1-10(14-8-20-9-16-14)17-13-3-4-15-12(7-13)5-6-18(15)11(2)19/h3-4,7-10,17H,5-6H2,1-2H3. The molecule has 1 atom stereocenters. The number of hydrogen-bond donors (Lipinski definition) is 1. The van der Waals surface area contributed by atoms with Gasteiger partial charge in [0.15, 0.2) is 0 Å². The lowest BCUT2D eigenvalue weighted by atomic mass is 10.1. The van der Waals surface area contributed by atoms with Crippen LogP contribution in [0.2, 0.25) is 0 Å². The molecule has 1 aromatic heterocycles. The molecule has 0 radical (unpaired) electrons. The summed E-state index contributed by atoms with van der Waals surface area (Å²) in [6, 6.07) is 6.38. The van der Waals surface area contributed by atoms with E-state index in [0.29, 0.717) is 0 Å². The molecule has 1 amide bonds. The molecular formula is C15H17N3OS. The fraction of sp³-hybridized carbons (Fsp3) is 0.333. The van der Waals surface area contributed by atoms with Crippen molar-refractivity contribution in [2.75, 3.05) is 16.8 Å². The molecule has 0 spiro atoms. The Morgan fingerprint density at radius 1 is 1.50 bits per heavy atom. The zero-order valence-electron chi connectivity index (χ0n) is 11.6. The van der Waals surface area contributed by atoms with Gasteiger partial charge in [-0.15, -0.1) is 11.3 Å². The summed E-state index contributed by atoms with van der Waals surface area (Å²) >= 11 is 1.61. The Bertz CT molecular complexity index is 624. The van der Waals surface area contributed by atoms with Gasteiger partial charge in [-0.25, -0.2) is 4.98 Å². The Kier molecular flexibility index (Phi) is 3.44. The van der Waals surface area contributed by atoms with Crippen LogP contribution in [0.15, 0.2) is 29.1 Å². The van der Waals surface area contributed by atoms with E-state index in [1.54, 1.807) is 18.3 Å². The average molecular weight is 287 g/mol. The first kappa shape index (κ1) is 13.1. The van der Waals surface area contributed by atoms with Crippen molar-refractivity contribution < 1.29 is 4.79 Å². The molecule has 3 rings (SSSR count). The molecule has 1 N–H and O–H groups in total. The maximum atomic E-state index is 11.5. The lowest BCUT2D eigenvalue weighted by Crippen LogP contribution is -2.25. The number of anilines is 2. The van der Waals surface area contributed by atoms with E-state index in [0.717, 1.165) is 30.0 Å². The number of hydrogen-bond acceptors (Lipinski definition) is 4. The Labute approximate surface area is 122 Å². The highest BCUT2D eigenvalue weighted by Crippen LogP contribution is 2.31. The molecule has 2 heterocycles. The van der Waals surface area contributed by atoms with Gasteiger partial charge in [-0.2, -0.15) is 0 Å². The van der Waals surface area contributed by atoms with E-state index in [1.807, 2.05) is 22.5 Å². The number of fused-ring (bicyclic) bond motifs is 1. The first-order valence-electron chi connectivity index (χ1n) is 6.71. The van der Waals surface area contributed by atoms with E-state index in [-0.39, 0.29) is 11.9 Å². The second kappa shape index (κ2) is 5.25. The third-order valence-electron chi connectivity index (χ3n) is 3.63. The van der Waals surface area contributed by atoms with Crippen LogP contribution in [0.1, 0.15) is 31.1 Å². The molecule has 2 aromatic rings. The Morgan fingerprint density at radius 2 is 2.35 bits per heavy atom. The molecule has 20 heavy (non-hydrogen) atoms. The van der Waals surface area contributed by atoms with Crippen molar-refractivity contribution in [1.82, 2.24) is 4.98 Å². The molecule has 5 heteroatoms. The minimum Gasteiger partial charge on any atom is -0.377 e. The van der Waals surface area contributed by atoms with Crippen LogP contribution in [-0.2, 0) is 11.2 Å². The number of nitrogens with zero attached hydrogens (tertiary/aromatic N) is 2. The lowest BCUT2D eigenvalue weighted by molar-refractivity contribution is -0.116. The normalized spacial score (nSPS) is 15.0. The fourth-order valence-corrected chi connectivity index (χ4v) is 3.23. The van der Waals surface area contributed by atoms with Gasteiger partial charge in [0.05, 0.1) is 17.2 Å². The molecule has 4 nitrogen and oxygen atoms in total. The van der Waals surface area contributed by atoms with E-state index < -0.39 is 0 Å². The predicted octanol–water partition coefficient (Wildman–Crippen LogP) is 3.23. The zero-order valence-corrected chi connectivity index (χ0v) is 12.4. The second-order valence-electron chi connectivity index (χ2n) is 5.04. The maximum absolute atomic E-state index is 11.5. The van der Waals surface area contributed by atoms with E-state index in [9.17, 15) is 4.79 Å². The van der Waals surface area contributed by atoms with Crippen LogP contribution in [-0.4, -0.2) is 17.4 Å². The molecule has 0 saturated carbocycles. The summed E-state index contributed by atoms with van der Waals surface area (Å²) in [4.78, 5) is 17.7. The lowest BCUT2D eigenvalue weighted by Gasteiger charge is -2.17. The van der Waals surface area contributed by atoms with Crippen LogP contribution >= 0.6 is 11.3 Å². The molecule has 1 aromatic carbocycles. The first-order valence-corrected chi connectivity index (χ1v) is 7.65. The number of thiazole rings is 1. The van der Waals surface area contributed by atoms with Crippen LogP contribution in [0.5, 0.6) is 0 Å². The third-order valence-corrected chi connectivity index (χ3v) is 4.24. The Balaban J connectivity index is 1.78. The summed E-state index contributed by atoms with van der Waals surface area (Å²) in [5, 5.41) is 5.52. The van der Waals surface area contributed by atoms with Gasteiger partial charge in [0.1, 0.15) is 0 Å². The fourth-order valence-electron chi connectivity index (χ4n) is 2.58. The predicted molar refractivity (Wildman–Crippen MR) is 82.3 cm³/mol. The van der Waals surface area contributed by atoms with Crippen LogP contribution in [0.3, 0.4) is 0 Å². The highest BCUT2D eigenvalue weighted by atomic mass is 32.1. The number of aromatic nitrogens is 1. The zero-order chi connectivity index (χ0) is 14.1. The van der Waals surface area contributed by atoms with Gasteiger partial charge < -0.3 is 10.2 Å². The van der Waals surface area contributed by atoms with E-state index in [1.165, 1.54) is 5.56 Å². The quantitative estimate of drug-likeness (QED) is 0.942. The largest absolute Gasteiger partial charge is 0.377 e. The second-order valence-corrected chi connectivity index (χ2v) is 5.76. The van der Waals surface area contributed by atoms with Crippen molar-refractivity contribution in [3.63, 3.8) is 0 Å². The van der Waals surface area contributed by atoms with Crippen molar-refractivity contribution in [2.45, 2.75) is 26.3 Å². The van der Waals surface area contributed by atoms with Crippen LogP contribution < -0.4 is 10.2 Å². The molecule has 0 saturated heterocycles. The van der Waals surface area contributed by atoms with Gasteiger partial charge in [-0.1, -0.05) is 0 Å². The summed E-state index contributed by atoms with van der Waals surface area (Å²) in [5.74, 6) is 0.111. The molecule has 104 valence electrons. The van der Waals surface area contributed by atoms with Crippen molar-refractivity contribution in [1.29, 1.82) is 0 Å². The minimum absolute atomic E-state index is 0.111. The molecule has 1 unspecified atom stereocenters. The number of rotatable bonds is 3. The summed E-state index contributed by atoms with van der Waals surface area (Å²) in [7, 11) is 0. The first-order chi connectivity index (χ1) is 9.65. The molecular weight excluding hydrogens is 270 g/mol. The van der Waals surface area contributed by atoms with Gasteiger partial charge in [0.25, 0.3) is 0 Å². The van der Waals surface area contributed by atoms with Gasteiger partial charge >= 0.3 is 0 Å². The molecule has 0 fully saturated rings. The molecule has 0 aliphatic carbocycles. The average Bonchev–Trinajstić information content (AvgIpc) is 3.07. The Morgan fingerprint density at radius 3 is 3.05 bits per heavy atom. The van der Waals surface area contributed by atoms with Crippen molar-refractivity contribution in [2.24, 2.45) is 0 Å². The van der Waals surface area contributed by atoms with Crippen molar-refractivity contribution in [3.05, 3.63) is 40.3 Å². The van der Waals surface area contributed by atoms with Gasteiger partial charge in [0.2, 0.25) is 5.91 Å². The third kappa shape index (κ3) is 2.41. The highest BCUT2D eigenvalue weighted by Gasteiger charge is 2.22. The minimum atomic E-state index is 0.111. The van der Waals surface area contributed by atoms with Gasteiger partial charge in [0, 0.05) is 30.2 Å². The molecule has 1 aliphatic heterocycles. The SMILES string of the molecule is CC(=O)N1CCc2cc(NC(C)c3cscn3)ccc21. The maximum Gasteiger partial charge on any atom is 0.223 e. The number of carbonyl (C=O) groups excluding carboxylic acids is 1. The van der Waals surface area contributed by atoms with Gasteiger partial charge in [-0.05, 0) is 37.1 Å². The topological polar surface area (TPSA) is 45.2 Å². The Hall–Kier alpha value is -1.88. The molecule has 1 aliphatic rings. The van der Waals surface area contributed by atoms with Crippen LogP contribution in [0.25, 0.3) is 0 Å². The summed E-state index contributed by atoms with van der Waals surface area (Å²) < 4.78 is 0. The number of nitrogens with one attached hydrogen (secondary N) is 1. The monoisotopic (exact) mass is 287 g/mol. The summed E-state index contributed by atoms with van der Waals surface area (Å²) in [6.07, 6.45) is 0.926. The van der Waals surface area contributed by atoms with Crippen LogP contribution in [0, 0.1) is 0 Å².